The Labute approximate surface area is 117 Å². The molecular formula is C12H24F4O4. The molecule has 0 unspecified atom stereocenters. The number of alkyl halides is 4. The maximum atomic E-state index is 12.5. The molecule has 0 heterocycles. The van der Waals surface area contributed by atoms with E-state index in [1.165, 1.54) is 14.2 Å². The zero-order valence-electron chi connectivity index (χ0n) is 12.4. The molecule has 0 radical (unpaired) electrons. The summed E-state index contributed by atoms with van der Waals surface area (Å²) in [7, 11) is 2.45. The zero-order chi connectivity index (χ0) is 16.1. The van der Waals surface area contributed by atoms with Gasteiger partial charge in [0.2, 0.25) is 0 Å². The highest BCUT2D eigenvalue weighted by Crippen LogP contribution is 2.14. The summed E-state index contributed by atoms with van der Waals surface area (Å²) in [5.74, 6) is -5.68. The minimum absolute atomic E-state index is 0.307. The highest BCUT2D eigenvalue weighted by molar-refractivity contribution is 4.63. The van der Waals surface area contributed by atoms with Crippen molar-refractivity contribution >= 4 is 0 Å². The lowest BCUT2D eigenvalue weighted by Gasteiger charge is -2.15. The van der Waals surface area contributed by atoms with Gasteiger partial charge in [0.1, 0.15) is 26.4 Å². The molecule has 20 heavy (non-hydrogen) atoms. The number of hydrogen-bond acceptors (Lipinski definition) is 4. The van der Waals surface area contributed by atoms with Crippen LogP contribution >= 0.6 is 0 Å². The van der Waals surface area contributed by atoms with E-state index < -0.39 is 38.3 Å². The normalized spacial score (nSPS) is 12.0. The molecule has 0 atom stereocenters. The Hall–Kier alpha value is -0.440. The molecule has 0 aromatic heterocycles. The summed E-state index contributed by atoms with van der Waals surface area (Å²) >= 11 is 0. The average molecular weight is 308 g/mol. The maximum Gasteiger partial charge on any atom is 0.293 e. The molecule has 0 spiro atoms. The monoisotopic (exact) mass is 308 g/mol. The van der Waals surface area contributed by atoms with E-state index in [4.69, 9.17) is 0 Å². The van der Waals surface area contributed by atoms with Gasteiger partial charge in [-0.05, 0) is 13.8 Å². The van der Waals surface area contributed by atoms with Crippen LogP contribution in [-0.4, -0.2) is 65.7 Å². The molecule has 8 heteroatoms. The van der Waals surface area contributed by atoms with Gasteiger partial charge in [0.05, 0.1) is 0 Å². The minimum Gasteiger partial charge on any atom is -0.378 e. The Morgan fingerprint density at radius 1 is 0.650 bits per heavy atom. The Morgan fingerprint density at radius 2 is 0.950 bits per heavy atom. The predicted molar refractivity (Wildman–Crippen MR) is 66.6 cm³/mol. The van der Waals surface area contributed by atoms with Gasteiger partial charge in [0.15, 0.2) is 0 Å². The fraction of sp³-hybridized carbons (Fsp3) is 1.00. The summed E-state index contributed by atoms with van der Waals surface area (Å²) in [5, 5.41) is 0. The number of halogens is 4. The van der Waals surface area contributed by atoms with Crippen LogP contribution < -0.4 is 0 Å². The van der Waals surface area contributed by atoms with Crippen LogP contribution in [0.3, 0.4) is 0 Å². The first-order valence-electron chi connectivity index (χ1n) is 6.13. The van der Waals surface area contributed by atoms with Gasteiger partial charge in [-0.15, -0.1) is 0 Å². The summed E-state index contributed by atoms with van der Waals surface area (Å²) in [5.41, 5.74) is 0. The van der Waals surface area contributed by atoms with Crippen molar-refractivity contribution in [1.29, 1.82) is 0 Å². The van der Waals surface area contributed by atoms with Crippen LogP contribution in [0.4, 0.5) is 17.6 Å². The zero-order valence-corrected chi connectivity index (χ0v) is 12.4. The van der Waals surface area contributed by atoms with Gasteiger partial charge in [-0.1, -0.05) is 0 Å². The first-order chi connectivity index (χ1) is 9.24. The molecule has 4 nitrogen and oxygen atoms in total. The first kappa shape index (κ1) is 21.9. The smallest absolute Gasteiger partial charge is 0.293 e. The van der Waals surface area contributed by atoms with E-state index in [-0.39, 0.29) is 0 Å². The van der Waals surface area contributed by atoms with Gasteiger partial charge in [-0.2, -0.15) is 0 Å². The van der Waals surface area contributed by atoms with Crippen LogP contribution in [0.2, 0.25) is 0 Å². The topological polar surface area (TPSA) is 36.9 Å². The van der Waals surface area contributed by atoms with Gasteiger partial charge in [0.25, 0.3) is 11.8 Å². The van der Waals surface area contributed by atoms with Crippen LogP contribution in [0, 0.1) is 0 Å². The molecular weight excluding hydrogens is 284 g/mol. The Morgan fingerprint density at radius 3 is 1.20 bits per heavy atom. The second-order valence-electron chi connectivity index (χ2n) is 3.85. The largest absolute Gasteiger partial charge is 0.378 e. The fourth-order valence-electron chi connectivity index (χ4n) is 1.01. The summed E-state index contributed by atoms with van der Waals surface area (Å²) < 4.78 is 67.0. The van der Waals surface area contributed by atoms with E-state index in [1.807, 2.05) is 0 Å². The molecule has 0 rings (SSSR count). The van der Waals surface area contributed by atoms with Crippen molar-refractivity contribution in [3.8, 4) is 0 Å². The van der Waals surface area contributed by atoms with Crippen molar-refractivity contribution in [2.75, 3.05) is 53.9 Å². The van der Waals surface area contributed by atoms with Crippen molar-refractivity contribution in [3.05, 3.63) is 0 Å². The van der Waals surface area contributed by atoms with Crippen molar-refractivity contribution in [1.82, 2.24) is 0 Å². The summed E-state index contributed by atoms with van der Waals surface area (Å²) in [6.45, 7) is 1.70. The summed E-state index contributed by atoms with van der Waals surface area (Å²) in [6, 6.07) is 0. The highest BCUT2D eigenvalue weighted by atomic mass is 19.3. The van der Waals surface area contributed by atoms with Crippen LogP contribution in [0.1, 0.15) is 13.8 Å². The van der Waals surface area contributed by atoms with Crippen molar-refractivity contribution in [2.24, 2.45) is 0 Å². The third-order valence-electron chi connectivity index (χ3n) is 1.75. The quantitative estimate of drug-likeness (QED) is 0.581. The fourth-order valence-corrected chi connectivity index (χ4v) is 1.01. The number of hydrogen-bond donors (Lipinski definition) is 0. The average Bonchev–Trinajstić information content (AvgIpc) is 2.35. The van der Waals surface area contributed by atoms with Crippen molar-refractivity contribution in [2.45, 2.75) is 25.7 Å². The van der Waals surface area contributed by atoms with Gasteiger partial charge in [-0.3, -0.25) is 0 Å². The summed E-state index contributed by atoms with van der Waals surface area (Å²) in [4.78, 5) is 0. The Balaban J connectivity index is 0. The summed E-state index contributed by atoms with van der Waals surface area (Å²) in [6.07, 6.45) is 0. The second kappa shape index (κ2) is 12.3. The standard InChI is InChI=1S/C7H14F2O2.C5H10F2O2/c1-3-10-5-7(8,9)6-11-4-2;1-8-3-5(6,7)4-9-2/h3-6H2,1-2H3;3-4H2,1-2H3. The van der Waals surface area contributed by atoms with E-state index in [2.05, 4.69) is 18.9 Å². The molecule has 124 valence electrons. The molecule has 0 aromatic carbocycles. The second-order valence-corrected chi connectivity index (χ2v) is 3.85. The molecule has 0 aliphatic carbocycles. The van der Waals surface area contributed by atoms with E-state index in [9.17, 15) is 17.6 Å². The lowest BCUT2D eigenvalue weighted by atomic mass is 10.4. The van der Waals surface area contributed by atoms with Gasteiger partial charge < -0.3 is 18.9 Å². The minimum atomic E-state index is -2.84. The van der Waals surface area contributed by atoms with Crippen LogP contribution in [0.15, 0.2) is 0 Å². The molecule has 0 N–H and O–H groups in total. The van der Waals surface area contributed by atoms with E-state index >= 15 is 0 Å². The Bertz CT molecular complexity index is 198. The predicted octanol–water partition coefficient (Wildman–Crippen LogP) is 2.61. The van der Waals surface area contributed by atoms with Gasteiger partial charge in [0, 0.05) is 27.4 Å². The molecule has 0 saturated heterocycles. The number of ether oxygens (including phenoxy) is 4. The number of methoxy groups -OCH3 is 2. The van der Waals surface area contributed by atoms with Crippen LogP contribution in [-0.2, 0) is 18.9 Å². The van der Waals surface area contributed by atoms with E-state index in [0.29, 0.717) is 13.2 Å². The van der Waals surface area contributed by atoms with E-state index in [0.717, 1.165) is 0 Å². The van der Waals surface area contributed by atoms with Crippen molar-refractivity contribution < 1.29 is 36.5 Å². The highest BCUT2D eigenvalue weighted by Gasteiger charge is 2.29. The Kier molecular flexibility index (Phi) is 13.5. The first-order valence-corrected chi connectivity index (χ1v) is 6.13. The molecule has 0 aliphatic rings. The number of rotatable bonds is 10. The molecule has 0 aliphatic heterocycles. The third-order valence-corrected chi connectivity index (χ3v) is 1.75. The molecule has 0 fully saturated rings. The molecule has 0 aromatic rings. The SMILES string of the molecule is CCOCC(F)(F)COCC.COCC(F)(F)COC. The third kappa shape index (κ3) is 15.6. The molecule has 0 saturated carbocycles. The maximum absolute atomic E-state index is 12.5. The molecule has 0 amide bonds. The lowest BCUT2D eigenvalue weighted by Crippen LogP contribution is -2.29. The van der Waals surface area contributed by atoms with Crippen LogP contribution in [0.25, 0.3) is 0 Å². The van der Waals surface area contributed by atoms with Gasteiger partial charge in [-0.25, -0.2) is 17.6 Å². The van der Waals surface area contributed by atoms with E-state index in [1.54, 1.807) is 13.8 Å². The van der Waals surface area contributed by atoms with Gasteiger partial charge >= 0.3 is 0 Å². The van der Waals surface area contributed by atoms with Crippen LogP contribution in [0.5, 0.6) is 0 Å². The van der Waals surface area contributed by atoms with Crippen molar-refractivity contribution in [3.63, 3.8) is 0 Å². The lowest BCUT2D eigenvalue weighted by molar-refractivity contribution is -0.120. The molecule has 0 bridgehead atoms.